The number of hydrogen-bond donors (Lipinski definition) is 2. The van der Waals surface area contributed by atoms with Gasteiger partial charge in [-0.25, -0.2) is 4.90 Å². The molecule has 0 bridgehead atoms. The number of nitrogens with zero attached hydrogens (tertiary/aromatic N) is 1. The average Bonchev–Trinajstić information content (AvgIpc) is 3.13. The number of ether oxygens (including phenoxy) is 1. The monoisotopic (exact) mass is 481 g/mol. The van der Waals surface area contributed by atoms with Gasteiger partial charge in [0.2, 0.25) is 0 Å². The molecular formula is C27H19N3O4S. The number of anilines is 2. The van der Waals surface area contributed by atoms with Crippen LogP contribution in [0.3, 0.4) is 0 Å². The zero-order valence-corrected chi connectivity index (χ0v) is 19.4. The first-order valence-corrected chi connectivity index (χ1v) is 11.1. The number of thiocarbonyl (C=S) groups is 1. The van der Waals surface area contributed by atoms with Crippen LogP contribution in [-0.4, -0.2) is 29.9 Å². The number of fused-ring (bicyclic) bond motifs is 2. The molecule has 1 aliphatic heterocycles. The molecule has 1 heterocycles. The molecule has 0 saturated carbocycles. The minimum absolute atomic E-state index is 0.0599. The Morgan fingerprint density at radius 3 is 2.11 bits per heavy atom. The maximum atomic E-state index is 12.9. The van der Waals surface area contributed by atoms with E-state index in [1.807, 2.05) is 24.3 Å². The summed E-state index contributed by atoms with van der Waals surface area (Å²) in [5.74, 6) is -0.776. The molecule has 0 aliphatic carbocycles. The second kappa shape index (κ2) is 9.00. The highest BCUT2D eigenvalue weighted by molar-refractivity contribution is 7.80. The van der Waals surface area contributed by atoms with E-state index in [4.69, 9.17) is 17.0 Å². The molecular weight excluding hydrogens is 462 g/mol. The molecule has 172 valence electrons. The first-order valence-electron chi connectivity index (χ1n) is 10.7. The van der Waals surface area contributed by atoms with E-state index in [-0.39, 0.29) is 16.9 Å². The maximum Gasteiger partial charge on any atom is 0.266 e. The van der Waals surface area contributed by atoms with Crippen molar-refractivity contribution in [2.45, 2.75) is 0 Å². The van der Waals surface area contributed by atoms with Crippen LogP contribution in [0.1, 0.15) is 31.1 Å². The van der Waals surface area contributed by atoms with Crippen LogP contribution in [0.4, 0.5) is 11.4 Å². The summed E-state index contributed by atoms with van der Waals surface area (Å²) in [6, 6.07) is 24.6. The van der Waals surface area contributed by atoms with Crippen LogP contribution >= 0.6 is 12.2 Å². The molecule has 0 saturated heterocycles. The molecule has 0 unspecified atom stereocenters. The Hall–Kier alpha value is -4.56. The standard InChI is InChI=1S/C27H19N3O4S/c1-34-23-14-17-8-3-2-7-16(17)13-22(23)24(31)29-27(35)28-18-9-6-10-19(15-18)30-25(32)20-11-4-5-12-21(20)26(30)33/h2-15H,1H3,(H2,28,29,31,35). The van der Waals surface area contributed by atoms with E-state index in [1.165, 1.54) is 7.11 Å². The number of benzene rings is 4. The van der Waals surface area contributed by atoms with Gasteiger partial charge in [0.1, 0.15) is 5.75 Å². The van der Waals surface area contributed by atoms with Crippen molar-refractivity contribution in [2.75, 3.05) is 17.3 Å². The second-order valence-corrected chi connectivity index (χ2v) is 8.26. The smallest absolute Gasteiger partial charge is 0.266 e. The van der Waals surface area contributed by atoms with E-state index in [1.54, 1.807) is 60.7 Å². The van der Waals surface area contributed by atoms with Crippen molar-refractivity contribution in [1.29, 1.82) is 0 Å². The van der Waals surface area contributed by atoms with Crippen molar-refractivity contribution in [3.8, 4) is 5.75 Å². The number of nitrogens with one attached hydrogen (secondary N) is 2. The van der Waals surface area contributed by atoms with E-state index in [9.17, 15) is 14.4 Å². The first-order chi connectivity index (χ1) is 17.0. The van der Waals surface area contributed by atoms with Crippen molar-refractivity contribution < 1.29 is 19.1 Å². The number of hydrogen-bond acceptors (Lipinski definition) is 5. The lowest BCUT2D eigenvalue weighted by molar-refractivity contribution is 0.0923. The van der Waals surface area contributed by atoms with Crippen LogP contribution in [0, 0.1) is 0 Å². The molecule has 4 aromatic carbocycles. The highest BCUT2D eigenvalue weighted by Crippen LogP contribution is 2.30. The molecule has 0 radical (unpaired) electrons. The molecule has 0 fully saturated rings. The van der Waals surface area contributed by atoms with Crippen molar-refractivity contribution in [3.63, 3.8) is 0 Å². The van der Waals surface area contributed by atoms with Crippen LogP contribution in [0.25, 0.3) is 10.8 Å². The van der Waals surface area contributed by atoms with Gasteiger partial charge < -0.3 is 10.1 Å². The summed E-state index contributed by atoms with van der Waals surface area (Å²) < 4.78 is 5.40. The highest BCUT2D eigenvalue weighted by Gasteiger charge is 2.36. The molecule has 1 aliphatic rings. The lowest BCUT2D eigenvalue weighted by Gasteiger charge is -2.16. The number of imide groups is 1. The predicted molar refractivity (Wildman–Crippen MR) is 138 cm³/mol. The molecule has 4 aromatic rings. The lowest BCUT2D eigenvalue weighted by Crippen LogP contribution is -2.34. The van der Waals surface area contributed by atoms with E-state index in [0.717, 1.165) is 15.7 Å². The fourth-order valence-corrected chi connectivity index (χ4v) is 4.26. The Bertz CT molecular complexity index is 1500. The van der Waals surface area contributed by atoms with Gasteiger partial charge in [-0.2, -0.15) is 0 Å². The van der Waals surface area contributed by atoms with Gasteiger partial charge in [0.25, 0.3) is 17.7 Å². The Morgan fingerprint density at radius 2 is 1.46 bits per heavy atom. The topological polar surface area (TPSA) is 87.7 Å². The van der Waals surface area contributed by atoms with Gasteiger partial charge in [0, 0.05) is 5.69 Å². The minimum Gasteiger partial charge on any atom is -0.496 e. The summed E-state index contributed by atoms with van der Waals surface area (Å²) in [5.41, 5.74) is 1.97. The number of rotatable bonds is 4. The first kappa shape index (κ1) is 22.2. The van der Waals surface area contributed by atoms with E-state index in [2.05, 4.69) is 10.6 Å². The summed E-state index contributed by atoms with van der Waals surface area (Å²) in [6.07, 6.45) is 0. The molecule has 35 heavy (non-hydrogen) atoms. The van der Waals surface area contributed by atoms with Gasteiger partial charge in [0.15, 0.2) is 5.11 Å². The predicted octanol–water partition coefficient (Wildman–Crippen LogP) is 4.78. The summed E-state index contributed by atoms with van der Waals surface area (Å²) >= 11 is 5.34. The van der Waals surface area contributed by atoms with Crippen LogP contribution in [0.5, 0.6) is 5.75 Å². The summed E-state index contributed by atoms with van der Waals surface area (Å²) in [7, 11) is 1.50. The largest absolute Gasteiger partial charge is 0.496 e. The Morgan fingerprint density at radius 1 is 0.829 bits per heavy atom. The fourth-order valence-electron chi connectivity index (χ4n) is 4.05. The van der Waals surface area contributed by atoms with Gasteiger partial charge in [-0.15, -0.1) is 0 Å². The van der Waals surface area contributed by atoms with Crippen molar-refractivity contribution in [1.82, 2.24) is 5.32 Å². The van der Waals surface area contributed by atoms with Gasteiger partial charge in [-0.1, -0.05) is 42.5 Å². The fraction of sp³-hybridized carbons (Fsp3) is 0.0370. The molecule has 8 heteroatoms. The third-order valence-corrected chi connectivity index (χ3v) is 5.90. The van der Waals surface area contributed by atoms with Crippen molar-refractivity contribution >= 4 is 57.2 Å². The molecule has 3 amide bonds. The van der Waals surface area contributed by atoms with Crippen molar-refractivity contribution in [2.24, 2.45) is 0 Å². The molecule has 2 N–H and O–H groups in total. The van der Waals surface area contributed by atoms with Crippen LogP contribution < -0.4 is 20.3 Å². The summed E-state index contributed by atoms with van der Waals surface area (Å²) in [5, 5.41) is 7.50. The third kappa shape index (κ3) is 4.11. The highest BCUT2D eigenvalue weighted by atomic mass is 32.1. The van der Waals surface area contributed by atoms with Gasteiger partial charge in [-0.3, -0.25) is 19.7 Å². The van der Waals surface area contributed by atoms with Crippen molar-refractivity contribution in [3.05, 3.63) is 102 Å². The van der Waals surface area contributed by atoms with Gasteiger partial charge >= 0.3 is 0 Å². The molecule has 0 aromatic heterocycles. The van der Waals surface area contributed by atoms with Gasteiger partial charge in [0.05, 0.1) is 29.5 Å². The number of carbonyl (C=O) groups excluding carboxylic acids is 3. The summed E-state index contributed by atoms with van der Waals surface area (Å²) in [4.78, 5) is 39.6. The zero-order chi connectivity index (χ0) is 24.5. The molecule has 5 rings (SSSR count). The van der Waals surface area contributed by atoms with Gasteiger partial charge in [-0.05, 0) is 65.5 Å². The minimum atomic E-state index is -0.429. The van der Waals surface area contributed by atoms with Crippen LogP contribution in [0.15, 0.2) is 84.9 Å². The molecule has 0 spiro atoms. The normalized spacial score (nSPS) is 12.4. The Balaban J connectivity index is 1.33. The van der Waals surface area contributed by atoms with E-state index < -0.39 is 5.91 Å². The third-order valence-electron chi connectivity index (χ3n) is 5.70. The van der Waals surface area contributed by atoms with E-state index in [0.29, 0.717) is 33.8 Å². The van der Waals surface area contributed by atoms with Crippen LogP contribution in [0.2, 0.25) is 0 Å². The number of methoxy groups -OCH3 is 1. The number of carbonyl (C=O) groups is 3. The molecule has 7 nitrogen and oxygen atoms in total. The number of amides is 3. The van der Waals surface area contributed by atoms with Crippen LogP contribution in [-0.2, 0) is 0 Å². The SMILES string of the molecule is COc1cc2ccccc2cc1C(=O)NC(=S)Nc1cccc(N2C(=O)c3ccccc3C2=O)c1. The zero-order valence-electron chi connectivity index (χ0n) is 18.6. The lowest BCUT2D eigenvalue weighted by atomic mass is 10.1. The Kier molecular flexibility index (Phi) is 5.72. The quantitative estimate of drug-likeness (QED) is 0.322. The maximum absolute atomic E-state index is 12.9. The average molecular weight is 482 g/mol. The summed E-state index contributed by atoms with van der Waals surface area (Å²) in [6.45, 7) is 0. The Labute approximate surface area is 206 Å². The van der Waals surface area contributed by atoms with E-state index >= 15 is 0 Å². The second-order valence-electron chi connectivity index (χ2n) is 7.85. The molecule has 0 atom stereocenters.